The molecule has 2 rings (SSSR count). The van der Waals surface area contributed by atoms with E-state index in [4.69, 9.17) is 0 Å². The molecule has 1 aromatic carbocycles. The molecule has 134 valence electrons. The highest BCUT2D eigenvalue weighted by Gasteiger charge is 2.30. The zero-order chi connectivity index (χ0) is 18.7. The van der Waals surface area contributed by atoms with E-state index in [0.717, 1.165) is 4.68 Å². The number of nitrogens with one attached hydrogen (secondary N) is 1. The van der Waals surface area contributed by atoms with Gasteiger partial charge in [0.2, 0.25) is 5.91 Å². The Bertz CT molecular complexity index is 844. The zero-order valence-electron chi connectivity index (χ0n) is 14.6. The molecule has 1 amide bonds. The van der Waals surface area contributed by atoms with E-state index in [0.29, 0.717) is 10.9 Å². The Kier molecular flexibility index (Phi) is 5.51. The van der Waals surface area contributed by atoms with Crippen LogP contribution in [0.3, 0.4) is 0 Å². The van der Waals surface area contributed by atoms with E-state index >= 15 is 0 Å². The first kappa shape index (κ1) is 18.6. The number of aliphatic carboxylic acids is 1. The number of fused-ring (bicyclic) bond motifs is 1. The molecule has 8 nitrogen and oxygen atoms in total. The van der Waals surface area contributed by atoms with E-state index in [9.17, 15) is 19.5 Å². The van der Waals surface area contributed by atoms with Crippen molar-refractivity contribution >= 4 is 22.8 Å². The molecular weight excluding hydrogens is 324 g/mol. The number of hydrogen-bond donors (Lipinski definition) is 1. The Hall–Kier alpha value is -2.77. The van der Waals surface area contributed by atoms with Crippen molar-refractivity contribution in [2.45, 2.75) is 39.8 Å². The molecule has 0 spiro atoms. The van der Waals surface area contributed by atoms with Crippen LogP contribution in [0.4, 0.5) is 0 Å². The molecule has 0 aliphatic carbocycles. The van der Waals surface area contributed by atoms with E-state index < -0.39 is 29.5 Å². The van der Waals surface area contributed by atoms with Crippen LogP contribution >= 0.6 is 0 Å². The van der Waals surface area contributed by atoms with Crippen LogP contribution in [0.15, 0.2) is 29.1 Å². The summed E-state index contributed by atoms with van der Waals surface area (Å²) in [7, 11) is 0. The van der Waals surface area contributed by atoms with Gasteiger partial charge in [-0.1, -0.05) is 45.0 Å². The summed E-state index contributed by atoms with van der Waals surface area (Å²) in [4.78, 5) is 36.6. The van der Waals surface area contributed by atoms with Gasteiger partial charge in [-0.3, -0.25) is 9.59 Å². The lowest BCUT2D eigenvalue weighted by molar-refractivity contribution is -0.309. The van der Waals surface area contributed by atoms with Crippen LogP contribution in [0.1, 0.15) is 33.7 Å². The summed E-state index contributed by atoms with van der Waals surface area (Å²) in [5.41, 5.74) is -0.0181. The van der Waals surface area contributed by atoms with Crippen LogP contribution in [-0.2, 0) is 9.59 Å². The second-order valence-corrected chi connectivity index (χ2v) is 6.59. The first-order chi connectivity index (χ1) is 11.7. The van der Waals surface area contributed by atoms with E-state index in [1.165, 1.54) is 0 Å². The minimum atomic E-state index is -1.37. The molecule has 0 bridgehead atoms. The molecular formula is C17H21N4O4-. The SMILES string of the molecule is CC(C)[C@H](NC(=O)[C@H](C(C)C)n1nnc2ccccc2c1=O)C(=O)[O-]. The molecule has 8 heteroatoms. The Balaban J connectivity index is 2.45. The average molecular weight is 345 g/mol. The first-order valence-corrected chi connectivity index (χ1v) is 8.09. The molecule has 2 atom stereocenters. The molecule has 1 aromatic heterocycles. The second kappa shape index (κ2) is 7.42. The summed E-state index contributed by atoms with van der Waals surface area (Å²) >= 11 is 0. The third-order valence-corrected chi connectivity index (χ3v) is 3.97. The molecule has 0 saturated heterocycles. The lowest BCUT2D eigenvalue weighted by Crippen LogP contribution is -2.53. The number of carboxylic acid groups (broad SMARTS) is 1. The maximum absolute atomic E-state index is 12.7. The molecule has 0 fully saturated rings. The third-order valence-electron chi connectivity index (χ3n) is 3.97. The number of carbonyl (C=O) groups excluding carboxylic acids is 2. The Labute approximate surface area is 144 Å². The summed E-state index contributed by atoms with van der Waals surface area (Å²) in [5.74, 6) is -2.64. The lowest BCUT2D eigenvalue weighted by atomic mass is 10.0. The van der Waals surface area contributed by atoms with Crippen LogP contribution in [0.2, 0.25) is 0 Å². The number of aromatic nitrogens is 3. The van der Waals surface area contributed by atoms with Crippen molar-refractivity contribution in [1.29, 1.82) is 0 Å². The molecule has 1 N–H and O–H groups in total. The topological polar surface area (TPSA) is 117 Å². The predicted octanol–water partition coefficient (Wildman–Crippen LogP) is -0.121. The molecule has 0 aliphatic rings. The first-order valence-electron chi connectivity index (χ1n) is 8.09. The van der Waals surface area contributed by atoms with Crippen molar-refractivity contribution in [3.05, 3.63) is 34.6 Å². The van der Waals surface area contributed by atoms with Crippen molar-refractivity contribution in [1.82, 2.24) is 20.3 Å². The normalized spacial score (nSPS) is 13.8. The van der Waals surface area contributed by atoms with E-state index in [1.54, 1.807) is 52.0 Å². The monoisotopic (exact) mass is 345 g/mol. The summed E-state index contributed by atoms with van der Waals surface area (Å²) in [6.07, 6.45) is 0. The van der Waals surface area contributed by atoms with Crippen molar-refractivity contribution in [3.63, 3.8) is 0 Å². The number of rotatable bonds is 6. The fraction of sp³-hybridized carbons (Fsp3) is 0.471. The number of hydrogen-bond acceptors (Lipinski definition) is 6. The summed E-state index contributed by atoms with van der Waals surface area (Å²) in [6.45, 7) is 6.81. The fourth-order valence-electron chi connectivity index (χ4n) is 2.62. The quantitative estimate of drug-likeness (QED) is 0.780. The van der Waals surface area contributed by atoms with Gasteiger partial charge in [-0.15, -0.1) is 5.10 Å². The zero-order valence-corrected chi connectivity index (χ0v) is 14.6. The number of benzene rings is 1. The van der Waals surface area contributed by atoms with Gasteiger partial charge in [0, 0.05) is 0 Å². The highest BCUT2D eigenvalue weighted by atomic mass is 16.4. The number of amides is 1. The van der Waals surface area contributed by atoms with Crippen molar-refractivity contribution in [3.8, 4) is 0 Å². The second-order valence-electron chi connectivity index (χ2n) is 6.59. The van der Waals surface area contributed by atoms with Gasteiger partial charge in [0.1, 0.15) is 11.6 Å². The minimum absolute atomic E-state index is 0.303. The van der Waals surface area contributed by atoms with Gasteiger partial charge in [-0.2, -0.15) is 4.68 Å². The summed E-state index contributed by atoms with van der Waals surface area (Å²) in [6, 6.07) is 4.56. The Morgan fingerprint density at radius 2 is 1.76 bits per heavy atom. The van der Waals surface area contributed by atoms with Gasteiger partial charge in [0.05, 0.1) is 17.4 Å². The van der Waals surface area contributed by atoms with Crippen molar-refractivity contribution < 1.29 is 14.7 Å². The van der Waals surface area contributed by atoms with Crippen LogP contribution in [-0.4, -0.2) is 32.9 Å². The standard InChI is InChI=1S/C17H22N4O4/c1-9(2)13(17(24)25)18-15(22)14(10(3)4)21-16(23)11-7-5-6-8-12(11)19-20-21/h5-10,13-14H,1-4H3,(H,18,22)(H,24,25)/p-1/t13-,14-/m0/s1. The van der Waals surface area contributed by atoms with Crippen LogP contribution < -0.4 is 16.0 Å². The fourth-order valence-corrected chi connectivity index (χ4v) is 2.62. The Morgan fingerprint density at radius 3 is 2.32 bits per heavy atom. The maximum Gasteiger partial charge on any atom is 0.278 e. The van der Waals surface area contributed by atoms with E-state index in [2.05, 4.69) is 15.6 Å². The number of carbonyl (C=O) groups is 2. The Morgan fingerprint density at radius 1 is 1.12 bits per heavy atom. The molecule has 0 radical (unpaired) electrons. The van der Waals surface area contributed by atoms with Crippen LogP contribution in [0.25, 0.3) is 10.9 Å². The van der Waals surface area contributed by atoms with Crippen molar-refractivity contribution in [2.75, 3.05) is 0 Å². The van der Waals surface area contributed by atoms with Crippen LogP contribution in [0, 0.1) is 11.8 Å². The van der Waals surface area contributed by atoms with Crippen LogP contribution in [0.5, 0.6) is 0 Å². The van der Waals surface area contributed by atoms with Crippen molar-refractivity contribution in [2.24, 2.45) is 11.8 Å². The largest absolute Gasteiger partial charge is 0.548 e. The molecule has 1 heterocycles. The maximum atomic E-state index is 12.7. The number of nitrogens with zero attached hydrogens (tertiary/aromatic N) is 3. The molecule has 0 saturated carbocycles. The van der Waals surface area contributed by atoms with E-state index in [-0.39, 0.29) is 11.8 Å². The molecule has 0 unspecified atom stereocenters. The number of carboxylic acids is 1. The smallest absolute Gasteiger partial charge is 0.278 e. The van der Waals surface area contributed by atoms with Gasteiger partial charge < -0.3 is 15.2 Å². The molecule has 0 aliphatic heterocycles. The van der Waals surface area contributed by atoms with Gasteiger partial charge in [-0.05, 0) is 24.0 Å². The molecule has 25 heavy (non-hydrogen) atoms. The average Bonchev–Trinajstić information content (AvgIpc) is 2.54. The van der Waals surface area contributed by atoms with Gasteiger partial charge in [0.25, 0.3) is 5.56 Å². The van der Waals surface area contributed by atoms with Gasteiger partial charge >= 0.3 is 0 Å². The highest BCUT2D eigenvalue weighted by molar-refractivity contribution is 5.86. The summed E-state index contributed by atoms with van der Waals surface area (Å²) < 4.78 is 1.01. The summed E-state index contributed by atoms with van der Waals surface area (Å²) in [5, 5.41) is 21.9. The van der Waals surface area contributed by atoms with Gasteiger partial charge in [0.15, 0.2) is 0 Å². The lowest BCUT2D eigenvalue weighted by Gasteiger charge is -2.27. The minimum Gasteiger partial charge on any atom is -0.548 e. The molecule has 2 aromatic rings. The third kappa shape index (κ3) is 3.84. The van der Waals surface area contributed by atoms with E-state index in [1.807, 2.05) is 0 Å². The predicted molar refractivity (Wildman–Crippen MR) is 89.4 cm³/mol. The van der Waals surface area contributed by atoms with Gasteiger partial charge in [-0.25, -0.2) is 0 Å². The highest BCUT2D eigenvalue weighted by Crippen LogP contribution is 2.17.